The summed E-state index contributed by atoms with van der Waals surface area (Å²) in [5.41, 5.74) is 6.66. The fraction of sp³-hybridized carbons (Fsp3) is 0.545. The highest BCUT2D eigenvalue weighted by molar-refractivity contribution is 6.07. The van der Waals surface area contributed by atoms with Gasteiger partial charge in [0.05, 0.1) is 6.04 Å². The molecular weight excluding hydrogens is 441 g/mol. The van der Waals surface area contributed by atoms with E-state index >= 15 is 0 Å². The summed E-state index contributed by atoms with van der Waals surface area (Å²) in [4.78, 5) is 41.5. The minimum atomic E-state index is -5.13. The van der Waals surface area contributed by atoms with Gasteiger partial charge in [-0.2, -0.15) is 18.2 Å². The summed E-state index contributed by atoms with van der Waals surface area (Å²) in [6.45, 7) is 0.888. The van der Waals surface area contributed by atoms with Crippen molar-refractivity contribution in [1.82, 2.24) is 10.2 Å². The highest BCUT2D eigenvalue weighted by Crippen LogP contribution is 2.32. The Morgan fingerprint density at radius 3 is 2.61 bits per heavy atom. The zero-order valence-electron chi connectivity index (χ0n) is 17.9. The molecule has 1 saturated heterocycles. The number of benzene rings is 1. The van der Waals surface area contributed by atoms with Crippen LogP contribution in [0.2, 0.25) is 0 Å². The molecular formula is C22H25F3N4O4. The summed E-state index contributed by atoms with van der Waals surface area (Å²) in [7, 11) is 0. The van der Waals surface area contributed by atoms with Crippen LogP contribution < -0.4 is 11.1 Å². The van der Waals surface area contributed by atoms with Gasteiger partial charge in [-0.15, -0.1) is 0 Å². The van der Waals surface area contributed by atoms with Crippen molar-refractivity contribution < 1.29 is 32.3 Å². The number of amidine groups is 1. The normalized spacial score (nSPS) is 25.8. The second kappa shape index (κ2) is 9.12. The van der Waals surface area contributed by atoms with Crippen LogP contribution >= 0.6 is 0 Å². The first-order valence-corrected chi connectivity index (χ1v) is 11.0. The molecule has 1 saturated carbocycles. The van der Waals surface area contributed by atoms with Crippen LogP contribution in [0.15, 0.2) is 23.2 Å². The molecule has 2 aliphatic heterocycles. The van der Waals surface area contributed by atoms with Gasteiger partial charge in [-0.05, 0) is 37.3 Å². The lowest BCUT2D eigenvalue weighted by atomic mass is 9.89. The molecule has 3 aliphatic rings. The van der Waals surface area contributed by atoms with Crippen LogP contribution in [0.25, 0.3) is 0 Å². The van der Waals surface area contributed by atoms with Crippen LogP contribution in [-0.2, 0) is 20.9 Å². The number of alkyl halides is 3. The average molecular weight is 466 g/mol. The number of amides is 3. The van der Waals surface area contributed by atoms with E-state index in [2.05, 4.69) is 10.3 Å². The SMILES string of the molecule is NC(=NC(=O)C(F)(F)F)c1ccc2c(c1)C(=O)N(C1CCCCC1NC(=O)[C@@H]1CCCO1)C2. The quantitative estimate of drug-likeness (QED) is 0.521. The Balaban J connectivity index is 1.51. The lowest BCUT2D eigenvalue weighted by Crippen LogP contribution is -2.55. The van der Waals surface area contributed by atoms with Gasteiger partial charge >= 0.3 is 12.1 Å². The molecule has 0 spiro atoms. The molecule has 2 heterocycles. The van der Waals surface area contributed by atoms with Gasteiger partial charge in [-0.25, -0.2) is 0 Å². The van der Waals surface area contributed by atoms with E-state index in [1.54, 1.807) is 11.0 Å². The largest absolute Gasteiger partial charge is 0.473 e. The number of fused-ring (bicyclic) bond motifs is 1. The van der Waals surface area contributed by atoms with Gasteiger partial charge < -0.3 is 20.7 Å². The van der Waals surface area contributed by atoms with Crippen LogP contribution in [0, 0.1) is 0 Å². The third-order valence-corrected chi connectivity index (χ3v) is 6.38. The van der Waals surface area contributed by atoms with Gasteiger partial charge in [-0.1, -0.05) is 25.0 Å². The molecule has 8 nitrogen and oxygen atoms in total. The molecule has 3 N–H and O–H groups in total. The summed E-state index contributed by atoms with van der Waals surface area (Å²) in [6.07, 6.45) is -0.732. The van der Waals surface area contributed by atoms with Crippen molar-refractivity contribution in [2.24, 2.45) is 10.7 Å². The number of carbonyl (C=O) groups is 3. The van der Waals surface area contributed by atoms with Crippen LogP contribution in [0.4, 0.5) is 13.2 Å². The third-order valence-electron chi connectivity index (χ3n) is 6.38. The van der Waals surface area contributed by atoms with E-state index in [0.29, 0.717) is 30.7 Å². The molecule has 178 valence electrons. The van der Waals surface area contributed by atoms with E-state index in [1.165, 1.54) is 12.1 Å². The molecule has 33 heavy (non-hydrogen) atoms. The number of hydrogen-bond acceptors (Lipinski definition) is 4. The molecule has 4 rings (SSSR count). The zero-order chi connectivity index (χ0) is 23.8. The Bertz CT molecular complexity index is 988. The van der Waals surface area contributed by atoms with Crippen molar-refractivity contribution in [3.8, 4) is 0 Å². The smallest absolute Gasteiger partial charge is 0.383 e. The summed E-state index contributed by atoms with van der Waals surface area (Å²) < 4.78 is 42.9. The number of aliphatic imine (C=N–C) groups is 1. The average Bonchev–Trinajstić information content (AvgIpc) is 3.42. The maximum Gasteiger partial charge on any atom is 0.473 e. The number of hydrogen-bond donors (Lipinski definition) is 2. The van der Waals surface area contributed by atoms with E-state index < -0.39 is 24.0 Å². The number of ether oxygens (including phenoxy) is 1. The fourth-order valence-corrected chi connectivity index (χ4v) is 4.70. The van der Waals surface area contributed by atoms with Gasteiger partial charge in [-0.3, -0.25) is 14.4 Å². The lowest BCUT2D eigenvalue weighted by molar-refractivity contribution is -0.169. The first-order valence-electron chi connectivity index (χ1n) is 11.0. The molecule has 2 fully saturated rings. The molecule has 3 amide bonds. The van der Waals surface area contributed by atoms with Gasteiger partial charge in [0.2, 0.25) is 5.91 Å². The Morgan fingerprint density at radius 2 is 1.91 bits per heavy atom. The molecule has 11 heteroatoms. The van der Waals surface area contributed by atoms with Crippen LogP contribution in [-0.4, -0.2) is 59.4 Å². The lowest BCUT2D eigenvalue weighted by Gasteiger charge is -2.38. The summed E-state index contributed by atoms with van der Waals surface area (Å²) >= 11 is 0. The Hall–Kier alpha value is -2.95. The molecule has 1 aromatic carbocycles. The maximum absolute atomic E-state index is 13.2. The predicted molar refractivity (Wildman–Crippen MR) is 111 cm³/mol. The number of halogens is 3. The van der Waals surface area contributed by atoms with Crippen molar-refractivity contribution in [1.29, 1.82) is 0 Å². The van der Waals surface area contributed by atoms with E-state index in [0.717, 1.165) is 32.1 Å². The van der Waals surface area contributed by atoms with Crippen LogP contribution in [0.3, 0.4) is 0 Å². The highest BCUT2D eigenvalue weighted by atomic mass is 19.4. The first kappa shape index (κ1) is 23.2. The molecule has 1 aromatic rings. The fourth-order valence-electron chi connectivity index (χ4n) is 4.70. The number of carbonyl (C=O) groups excluding carboxylic acids is 3. The molecule has 1 aliphatic carbocycles. The van der Waals surface area contributed by atoms with E-state index in [-0.39, 0.29) is 29.5 Å². The maximum atomic E-state index is 13.2. The number of nitrogens with two attached hydrogens (primary N) is 1. The number of nitrogens with zero attached hydrogens (tertiary/aromatic N) is 2. The van der Waals surface area contributed by atoms with Gasteiger partial charge in [0.25, 0.3) is 5.91 Å². The molecule has 3 atom stereocenters. The van der Waals surface area contributed by atoms with Gasteiger partial charge in [0.15, 0.2) is 0 Å². The Labute approximate surface area is 188 Å². The van der Waals surface area contributed by atoms with E-state index in [1.807, 2.05) is 0 Å². The predicted octanol–water partition coefficient (Wildman–Crippen LogP) is 2.04. The minimum Gasteiger partial charge on any atom is -0.383 e. The molecule has 2 unspecified atom stereocenters. The van der Waals surface area contributed by atoms with Crippen molar-refractivity contribution in [2.45, 2.75) is 69.4 Å². The molecule has 0 radical (unpaired) electrons. The number of rotatable bonds is 4. The van der Waals surface area contributed by atoms with Crippen LogP contribution in [0.1, 0.15) is 60.0 Å². The minimum absolute atomic E-state index is 0.0634. The van der Waals surface area contributed by atoms with Gasteiger partial charge in [0, 0.05) is 30.3 Å². The zero-order valence-corrected chi connectivity index (χ0v) is 17.9. The van der Waals surface area contributed by atoms with Crippen molar-refractivity contribution >= 4 is 23.6 Å². The van der Waals surface area contributed by atoms with E-state index in [4.69, 9.17) is 10.5 Å². The topological polar surface area (TPSA) is 114 Å². The second-order valence-electron chi connectivity index (χ2n) is 8.57. The molecule has 0 aromatic heterocycles. The second-order valence-corrected chi connectivity index (χ2v) is 8.57. The standard InChI is InChI=1S/C22H25F3N4O4/c23-22(24,25)21(32)28-18(26)12-7-8-13-11-29(20(31)14(13)10-12)16-5-2-1-4-15(16)27-19(30)17-6-3-9-33-17/h7-8,10,15-17H,1-6,9,11H2,(H,27,30)(H2,26,28,32)/t15?,16?,17-/m0/s1. The first-order chi connectivity index (χ1) is 15.6. The number of nitrogens with one attached hydrogen (secondary N) is 1. The highest BCUT2D eigenvalue weighted by Gasteiger charge is 2.40. The van der Waals surface area contributed by atoms with Crippen LogP contribution in [0.5, 0.6) is 0 Å². The third kappa shape index (κ3) is 4.87. The summed E-state index contributed by atoms with van der Waals surface area (Å²) in [5.74, 6) is -3.36. The summed E-state index contributed by atoms with van der Waals surface area (Å²) in [5, 5.41) is 3.06. The monoisotopic (exact) mass is 466 g/mol. The van der Waals surface area contributed by atoms with Crippen molar-refractivity contribution in [3.63, 3.8) is 0 Å². The van der Waals surface area contributed by atoms with Crippen molar-refractivity contribution in [3.05, 3.63) is 34.9 Å². The molecule has 0 bridgehead atoms. The van der Waals surface area contributed by atoms with E-state index in [9.17, 15) is 27.6 Å². The van der Waals surface area contributed by atoms with Crippen molar-refractivity contribution in [2.75, 3.05) is 6.61 Å². The summed E-state index contributed by atoms with van der Waals surface area (Å²) in [6, 6.07) is 4.00. The van der Waals surface area contributed by atoms with Gasteiger partial charge in [0.1, 0.15) is 11.9 Å². The Kier molecular flexibility index (Phi) is 6.42. The Morgan fingerprint density at radius 1 is 1.15 bits per heavy atom.